The van der Waals surface area contributed by atoms with Crippen molar-refractivity contribution in [2.75, 3.05) is 0 Å². The third-order valence-corrected chi connectivity index (χ3v) is 6.09. The van der Waals surface area contributed by atoms with E-state index < -0.39 is 0 Å². The van der Waals surface area contributed by atoms with E-state index in [0.29, 0.717) is 17.5 Å². The van der Waals surface area contributed by atoms with Crippen molar-refractivity contribution >= 4 is 17.5 Å². The van der Waals surface area contributed by atoms with Gasteiger partial charge in [-0.05, 0) is 42.2 Å². The van der Waals surface area contributed by atoms with Crippen molar-refractivity contribution in [1.82, 2.24) is 5.32 Å². The van der Waals surface area contributed by atoms with Crippen LogP contribution >= 0.6 is 11.6 Å². The van der Waals surface area contributed by atoms with Crippen LogP contribution < -0.4 is 5.32 Å². The number of carbonyl (C=O) groups excluding carboxylic acids is 1. The Balaban J connectivity index is 1.75. The molecule has 21 heavy (non-hydrogen) atoms. The first kappa shape index (κ1) is 14.6. The van der Waals surface area contributed by atoms with Crippen LogP contribution in [0.5, 0.6) is 0 Å². The molecular weight excluding hydrogens is 282 g/mol. The molecule has 3 heteroatoms. The van der Waals surface area contributed by atoms with E-state index in [1.54, 1.807) is 0 Å². The first-order chi connectivity index (χ1) is 9.88. The first-order valence-electron chi connectivity index (χ1n) is 7.59. The smallest absolute Gasteiger partial charge is 0.230 e. The molecule has 1 aromatic carbocycles. The van der Waals surface area contributed by atoms with Gasteiger partial charge in [-0.15, -0.1) is 0 Å². The average Bonchev–Trinajstić information content (AvgIpc) is 2.98. The normalized spacial score (nSPS) is 29.7. The summed E-state index contributed by atoms with van der Waals surface area (Å²) in [5.74, 6) is 0.719. The molecule has 0 saturated heterocycles. The van der Waals surface area contributed by atoms with E-state index in [2.05, 4.69) is 25.7 Å². The molecule has 2 atom stereocenters. The summed E-state index contributed by atoms with van der Waals surface area (Å²) in [7, 11) is 0. The fourth-order valence-corrected chi connectivity index (χ4v) is 4.33. The molecule has 2 saturated carbocycles. The van der Waals surface area contributed by atoms with Crippen LogP contribution in [0.25, 0.3) is 0 Å². The van der Waals surface area contributed by atoms with E-state index in [4.69, 9.17) is 11.6 Å². The van der Waals surface area contributed by atoms with Gasteiger partial charge < -0.3 is 5.32 Å². The molecule has 1 aromatic rings. The van der Waals surface area contributed by atoms with Crippen LogP contribution in [0.3, 0.4) is 0 Å². The van der Waals surface area contributed by atoms with E-state index in [1.807, 2.05) is 24.3 Å². The summed E-state index contributed by atoms with van der Waals surface area (Å²) in [5.41, 5.74) is 1.80. The van der Waals surface area contributed by atoms with E-state index in [0.717, 1.165) is 30.4 Å². The van der Waals surface area contributed by atoms with Crippen molar-refractivity contribution in [3.8, 4) is 0 Å². The summed E-state index contributed by atoms with van der Waals surface area (Å²) < 4.78 is 0. The summed E-state index contributed by atoms with van der Waals surface area (Å²) in [6.45, 7) is 9.20. The minimum absolute atomic E-state index is 0.0833. The van der Waals surface area contributed by atoms with Crippen LogP contribution in [0, 0.1) is 16.7 Å². The predicted octanol–water partition coefficient (Wildman–Crippen LogP) is 4.34. The van der Waals surface area contributed by atoms with Crippen LogP contribution in [-0.2, 0) is 11.3 Å². The van der Waals surface area contributed by atoms with Gasteiger partial charge in [0.05, 0.1) is 5.41 Å². The zero-order valence-electron chi connectivity index (χ0n) is 12.7. The molecule has 1 N–H and O–H groups in total. The summed E-state index contributed by atoms with van der Waals surface area (Å²) in [5, 5.41) is 3.78. The Morgan fingerprint density at radius 2 is 2.14 bits per heavy atom. The lowest BCUT2D eigenvalue weighted by atomic mass is 9.68. The van der Waals surface area contributed by atoms with Crippen molar-refractivity contribution < 1.29 is 4.79 Å². The maximum atomic E-state index is 12.8. The van der Waals surface area contributed by atoms with Gasteiger partial charge in [0, 0.05) is 11.6 Å². The first-order valence-corrected chi connectivity index (χ1v) is 7.97. The molecule has 3 rings (SSSR count). The topological polar surface area (TPSA) is 29.1 Å². The summed E-state index contributed by atoms with van der Waals surface area (Å²) >= 11 is 6.15. The predicted molar refractivity (Wildman–Crippen MR) is 86.0 cm³/mol. The highest BCUT2D eigenvalue weighted by Gasteiger charge is 2.60. The number of hydrogen-bond acceptors (Lipinski definition) is 1. The van der Waals surface area contributed by atoms with E-state index >= 15 is 0 Å². The third-order valence-electron chi connectivity index (χ3n) is 5.72. The largest absolute Gasteiger partial charge is 0.351 e. The number of nitrogens with one attached hydrogen (secondary N) is 1. The molecule has 0 spiro atoms. The number of amides is 1. The lowest BCUT2D eigenvalue weighted by Crippen LogP contribution is -2.41. The van der Waals surface area contributed by atoms with E-state index in [-0.39, 0.29) is 16.7 Å². The van der Waals surface area contributed by atoms with Gasteiger partial charge in [-0.1, -0.05) is 55.8 Å². The van der Waals surface area contributed by atoms with Crippen molar-refractivity contribution in [3.05, 3.63) is 47.0 Å². The number of hydrogen-bond donors (Lipinski definition) is 1. The van der Waals surface area contributed by atoms with Gasteiger partial charge in [-0.2, -0.15) is 0 Å². The Morgan fingerprint density at radius 1 is 1.43 bits per heavy atom. The Labute approximate surface area is 131 Å². The van der Waals surface area contributed by atoms with Gasteiger partial charge in [-0.25, -0.2) is 0 Å². The molecule has 0 heterocycles. The fraction of sp³-hybridized carbons (Fsp3) is 0.500. The van der Waals surface area contributed by atoms with Crippen molar-refractivity contribution in [3.63, 3.8) is 0 Å². The lowest BCUT2D eigenvalue weighted by molar-refractivity contribution is -0.128. The van der Waals surface area contributed by atoms with E-state index in [1.165, 1.54) is 0 Å². The highest BCUT2D eigenvalue weighted by atomic mass is 35.5. The number of carbonyl (C=O) groups is 1. The lowest BCUT2D eigenvalue weighted by Gasteiger charge is -2.37. The monoisotopic (exact) mass is 303 g/mol. The van der Waals surface area contributed by atoms with Crippen LogP contribution in [0.15, 0.2) is 36.4 Å². The highest BCUT2D eigenvalue weighted by molar-refractivity contribution is 6.31. The van der Waals surface area contributed by atoms with Crippen LogP contribution in [0.1, 0.15) is 38.7 Å². The SMILES string of the molecule is C=C1C(C)(C)[C@H]2CC[C@@]1(C(=O)NCc1ccccc1Cl)C2. The molecule has 112 valence electrons. The molecule has 2 fully saturated rings. The third kappa shape index (κ3) is 2.12. The molecule has 0 unspecified atom stereocenters. The number of benzene rings is 1. The Hall–Kier alpha value is -1.28. The van der Waals surface area contributed by atoms with E-state index in [9.17, 15) is 4.79 Å². The second kappa shape index (κ2) is 4.88. The van der Waals surface area contributed by atoms with Gasteiger partial charge in [0.25, 0.3) is 0 Å². The summed E-state index contributed by atoms with van der Waals surface area (Å²) in [6.07, 6.45) is 3.02. The van der Waals surface area contributed by atoms with Crippen molar-refractivity contribution in [2.24, 2.45) is 16.7 Å². The van der Waals surface area contributed by atoms with Gasteiger partial charge in [0.15, 0.2) is 0 Å². The molecule has 2 nitrogen and oxygen atoms in total. The second-order valence-electron chi connectivity index (χ2n) is 7.00. The number of fused-ring (bicyclic) bond motifs is 2. The maximum Gasteiger partial charge on any atom is 0.230 e. The van der Waals surface area contributed by atoms with Crippen molar-refractivity contribution in [2.45, 2.75) is 39.7 Å². The fourth-order valence-electron chi connectivity index (χ4n) is 4.13. The average molecular weight is 304 g/mol. The molecule has 2 bridgehead atoms. The molecule has 2 aliphatic rings. The Morgan fingerprint density at radius 3 is 2.76 bits per heavy atom. The van der Waals surface area contributed by atoms with Crippen molar-refractivity contribution in [1.29, 1.82) is 0 Å². The zero-order valence-corrected chi connectivity index (χ0v) is 13.5. The quantitative estimate of drug-likeness (QED) is 0.827. The molecule has 0 aromatic heterocycles. The minimum Gasteiger partial charge on any atom is -0.351 e. The summed E-state index contributed by atoms with van der Waals surface area (Å²) in [6, 6.07) is 7.64. The second-order valence-corrected chi connectivity index (χ2v) is 7.40. The Kier molecular flexibility index (Phi) is 3.40. The van der Waals surface area contributed by atoms with Crippen LogP contribution in [0.2, 0.25) is 5.02 Å². The number of rotatable bonds is 3. The molecule has 1 amide bonds. The molecule has 0 radical (unpaired) electrons. The maximum absolute atomic E-state index is 12.8. The standard InChI is InChI=1S/C18H22ClNO/c1-12-17(2,3)14-8-9-18(12,10-14)16(21)20-11-13-6-4-5-7-15(13)19/h4-7,14H,1,8-11H2,2-3H3,(H,20,21)/t14-,18+/m0/s1. The highest BCUT2D eigenvalue weighted by Crippen LogP contribution is 2.65. The molecular formula is C18H22ClNO. The molecule has 0 aliphatic heterocycles. The van der Waals surface area contributed by atoms with Gasteiger partial charge >= 0.3 is 0 Å². The number of halogens is 1. The minimum atomic E-state index is -0.352. The van der Waals surface area contributed by atoms with Crippen LogP contribution in [-0.4, -0.2) is 5.91 Å². The van der Waals surface area contributed by atoms with Gasteiger partial charge in [0.2, 0.25) is 5.91 Å². The molecule has 2 aliphatic carbocycles. The van der Waals surface area contributed by atoms with Crippen LogP contribution in [0.4, 0.5) is 0 Å². The summed E-state index contributed by atoms with van der Waals surface area (Å²) in [4.78, 5) is 12.8. The Bertz CT molecular complexity index is 607. The van der Waals surface area contributed by atoms with Gasteiger partial charge in [-0.3, -0.25) is 4.79 Å². The van der Waals surface area contributed by atoms with Gasteiger partial charge in [0.1, 0.15) is 0 Å². The zero-order chi connectivity index (χ0) is 15.3.